The Morgan fingerprint density at radius 2 is 2.25 bits per heavy atom. The van der Waals surface area contributed by atoms with E-state index < -0.39 is 0 Å². The van der Waals surface area contributed by atoms with Crippen molar-refractivity contribution in [2.45, 2.75) is 13.8 Å². The molecule has 2 aromatic rings. The summed E-state index contributed by atoms with van der Waals surface area (Å²) in [5.41, 5.74) is 7.80. The van der Waals surface area contributed by atoms with Gasteiger partial charge in [0.2, 0.25) is 5.95 Å². The van der Waals surface area contributed by atoms with Gasteiger partial charge in [0.1, 0.15) is 0 Å². The van der Waals surface area contributed by atoms with Crippen molar-refractivity contribution in [3.05, 3.63) is 29.8 Å². The Bertz CT molecular complexity index is 477. The molecule has 0 unspecified atom stereocenters. The Morgan fingerprint density at radius 1 is 1.44 bits per heavy atom. The zero-order chi connectivity index (χ0) is 11.5. The maximum atomic E-state index is 5.52. The van der Waals surface area contributed by atoms with Crippen molar-refractivity contribution in [2.24, 2.45) is 0 Å². The summed E-state index contributed by atoms with van der Waals surface area (Å²) in [5, 5.41) is 6.70. The molecule has 0 radical (unpaired) electrons. The zero-order valence-electron chi connectivity index (χ0n) is 9.44. The van der Waals surface area contributed by atoms with Crippen LogP contribution in [0.3, 0.4) is 0 Å². The molecular weight excluding hydrogens is 202 g/mol. The Morgan fingerprint density at radius 3 is 2.81 bits per heavy atom. The summed E-state index contributed by atoms with van der Waals surface area (Å²) >= 11 is 0. The molecule has 1 aromatic carbocycles. The Labute approximate surface area is 94.3 Å². The number of aromatic nitrogens is 3. The highest BCUT2D eigenvalue weighted by atomic mass is 15.4. The van der Waals surface area contributed by atoms with Crippen LogP contribution < -0.4 is 10.6 Å². The summed E-state index contributed by atoms with van der Waals surface area (Å²) in [5.74, 6) is 0.937. The van der Waals surface area contributed by atoms with E-state index >= 15 is 0 Å². The Balaban J connectivity index is 2.36. The SMILES string of the molecule is CCN(c1cccc(C)c1)c1n[nH]c(N)n1. The Kier molecular flexibility index (Phi) is 2.76. The topological polar surface area (TPSA) is 70.8 Å². The summed E-state index contributed by atoms with van der Waals surface area (Å²) in [4.78, 5) is 6.12. The van der Waals surface area contributed by atoms with Crippen molar-refractivity contribution in [1.29, 1.82) is 0 Å². The molecule has 5 heteroatoms. The number of H-pyrrole nitrogens is 1. The van der Waals surface area contributed by atoms with Crippen LogP contribution in [-0.2, 0) is 0 Å². The molecule has 0 aliphatic heterocycles. The first kappa shape index (κ1) is 10.5. The number of nitrogens with zero attached hydrogens (tertiary/aromatic N) is 3. The van der Waals surface area contributed by atoms with E-state index in [9.17, 15) is 0 Å². The number of nitrogen functional groups attached to an aromatic ring is 1. The molecule has 2 rings (SSSR count). The van der Waals surface area contributed by atoms with Crippen LogP contribution in [0.25, 0.3) is 0 Å². The summed E-state index contributed by atoms with van der Waals surface area (Å²) in [6, 6.07) is 8.20. The molecule has 1 heterocycles. The van der Waals surface area contributed by atoms with Crippen molar-refractivity contribution in [2.75, 3.05) is 17.2 Å². The van der Waals surface area contributed by atoms with Crippen LogP contribution in [0.4, 0.5) is 17.6 Å². The molecule has 5 nitrogen and oxygen atoms in total. The molecule has 84 valence electrons. The first-order chi connectivity index (χ1) is 7.70. The van der Waals surface area contributed by atoms with Crippen LogP contribution >= 0.6 is 0 Å². The van der Waals surface area contributed by atoms with E-state index in [0.717, 1.165) is 12.2 Å². The molecule has 0 fully saturated rings. The molecule has 1 aromatic heterocycles. The maximum absolute atomic E-state index is 5.52. The zero-order valence-corrected chi connectivity index (χ0v) is 9.44. The van der Waals surface area contributed by atoms with Gasteiger partial charge in [-0.05, 0) is 31.5 Å². The van der Waals surface area contributed by atoms with Gasteiger partial charge in [0.05, 0.1) is 0 Å². The lowest BCUT2D eigenvalue weighted by Gasteiger charge is -2.19. The van der Waals surface area contributed by atoms with Crippen LogP contribution in [0.15, 0.2) is 24.3 Å². The third-order valence-electron chi connectivity index (χ3n) is 2.36. The summed E-state index contributed by atoms with van der Waals surface area (Å²) in [6.07, 6.45) is 0. The molecule has 16 heavy (non-hydrogen) atoms. The van der Waals surface area contributed by atoms with E-state index in [2.05, 4.69) is 41.2 Å². The van der Waals surface area contributed by atoms with Gasteiger partial charge in [0, 0.05) is 12.2 Å². The number of aromatic amines is 1. The number of rotatable bonds is 3. The lowest BCUT2D eigenvalue weighted by molar-refractivity contribution is 0.949. The molecule has 0 atom stereocenters. The number of nitrogens with two attached hydrogens (primary N) is 1. The number of anilines is 3. The number of hydrogen-bond acceptors (Lipinski definition) is 4. The second-order valence-corrected chi connectivity index (χ2v) is 3.60. The summed E-state index contributed by atoms with van der Waals surface area (Å²) in [6.45, 7) is 4.90. The van der Waals surface area contributed by atoms with Gasteiger partial charge in [-0.15, -0.1) is 5.10 Å². The predicted octanol–water partition coefficient (Wildman–Crippen LogP) is 1.85. The molecule has 0 saturated heterocycles. The lowest BCUT2D eigenvalue weighted by Crippen LogP contribution is -2.17. The predicted molar refractivity (Wildman–Crippen MR) is 64.7 cm³/mol. The Hall–Kier alpha value is -2.04. The van der Waals surface area contributed by atoms with E-state index in [1.807, 2.05) is 17.0 Å². The second kappa shape index (κ2) is 4.22. The molecule has 0 bridgehead atoms. The van der Waals surface area contributed by atoms with Gasteiger partial charge in [-0.3, -0.25) is 0 Å². The molecule has 0 aliphatic carbocycles. The second-order valence-electron chi connectivity index (χ2n) is 3.60. The number of aryl methyl sites for hydroxylation is 1. The molecule has 0 saturated carbocycles. The monoisotopic (exact) mass is 217 g/mol. The summed E-state index contributed by atoms with van der Waals surface area (Å²) in [7, 11) is 0. The minimum absolute atomic E-state index is 0.334. The van der Waals surface area contributed by atoms with E-state index in [0.29, 0.717) is 11.9 Å². The first-order valence-electron chi connectivity index (χ1n) is 5.23. The third-order valence-corrected chi connectivity index (χ3v) is 2.36. The molecule has 0 aliphatic rings. The van der Waals surface area contributed by atoms with Crippen molar-refractivity contribution < 1.29 is 0 Å². The highest BCUT2D eigenvalue weighted by Crippen LogP contribution is 2.22. The van der Waals surface area contributed by atoms with E-state index in [1.54, 1.807) is 0 Å². The van der Waals surface area contributed by atoms with Gasteiger partial charge >= 0.3 is 0 Å². The summed E-state index contributed by atoms with van der Waals surface area (Å²) < 4.78 is 0. The van der Waals surface area contributed by atoms with Crippen molar-refractivity contribution in [1.82, 2.24) is 15.2 Å². The molecule has 0 amide bonds. The minimum Gasteiger partial charge on any atom is -0.368 e. The number of hydrogen-bond donors (Lipinski definition) is 2. The average Bonchev–Trinajstić information content (AvgIpc) is 2.66. The third kappa shape index (κ3) is 1.98. The van der Waals surface area contributed by atoms with Crippen LogP contribution in [0.2, 0.25) is 0 Å². The van der Waals surface area contributed by atoms with Crippen LogP contribution in [0.5, 0.6) is 0 Å². The first-order valence-corrected chi connectivity index (χ1v) is 5.23. The van der Waals surface area contributed by atoms with Gasteiger partial charge in [-0.2, -0.15) is 4.98 Å². The van der Waals surface area contributed by atoms with E-state index in [1.165, 1.54) is 5.56 Å². The molecular formula is C11H15N5. The van der Waals surface area contributed by atoms with E-state index in [-0.39, 0.29) is 0 Å². The minimum atomic E-state index is 0.334. The van der Waals surface area contributed by atoms with Crippen LogP contribution in [-0.4, -0.2) is 21.7 Å². The van der Waals surface area contributed by atoms with Gasteiger partial charge in [0.15, 0.2) is 0 Å². The van der Waals surface area contributed by atoms with Gasteiger partial charge < -0.3 is 10.6 Å². The smallest absolute Gasteiger partial charge is 0.250 e. The van der Waals surface area contributed by atoms with Gasteiger partial charge in [-0.1, -0.05) is 12.1 Å². The highest BCUT2D eigenvalue weighted by molar-refractivity contribution is 5.58. The fraction of sp³-hybridized carbons (Fsp3) is 0.273. The van der Waals surface area contributed by atoms with Crippen LogP contribution in [0, 0.1) is 6.92 Å². The lowest BCUT2D eigenvalue weighted by atomic mass is 10.2. The molecule has 0 spiro atoms. The van der Waals surface area contributed by atoms with E-state index in [4.69, 9.17) is 5.73 Å². The normalized spacial score (nSPS) is 10.4. The molecule has 3 N–H and O–H groups in total. The van der Waals surface area contributed by atoms with Crippen LogP contribution in [0.1, 0.15) is 12.5 Å². The van der Waals surface area contributed by atoms with Crippen molar-refractivity contribution in [3.63, 3.8) is 0 Å². The highest BCUT2D eigenvalue weighted by Gasteiger charge is 2.11. The van der Waals surface area contributed by atoms with Crippen molar-refractivity contribution in [3.8, 4) is 0 Å². The average molecular weight is 217 g/mol. The fourth-order valence-corrected chi connectivity index (χ4v) is 1.62. The largest absolute Gasteiger partial charge is 0.368 e. The quantitative estimate of drug-likeness (QED) is 0.823. The van der Waals surface area contributed by atoms with Gasteiger partial charge in [0.25, 0.3) is 5.95 Å². The fourth-order valence-electron chi connectivity index (χ4n) is 1.62. The standard InChI is InChI=1S/C11H15N5/c1-3-16(11-13-10(12)14-15-11)9-6-4-5-8(2)7-9/h4-7H,3H2,1-2H3,(H3,12,13,14,15). The van der Waals surface area contributed by atoms with Crippen molar-refractivity contribution >= 4 is 17.6 Å². The number of benzene rings is 1. The number of nitrogens with one attached hydrogen (secondary N) is 1. The maximum Gasteiger partial charge on any atom is 0.250 e. The van der Waals surface area contributed by atoms with Gasteiger partial charge in [-0.25, -0.2) is 5.10 Å².